The zero-order chi connectivity index (χ0) is 16.5. The van der Waals surface area contributed by atoms with Crippen LogP contribution in [-0.4, -0.2) is 44.0 Å². The van der Waals surface area contributed by atoms with Crippen LogP contribution < -0.4 is 10.6 Å². The van der Waals surface area contributed by atoms with Crippen molar-refractivity contribution in [3.05, 3.63) is 47.0 Å². The normalized spacial score (nSPS) is 10.5. The smallest absolute Gasteiger partial charge is 0.241 e. The zero-order valence-corrected chi connectivity index (χ0v) is 16.8. The van der Waals surface area contributed by atoms with Gasteiger partial charge in [-0.15, -0.1) is 24.0 Å². The van der Waals surface area contributed by atoms with Crippen LogP contribution in [0.1, 0.15) is 12.5 Å². The Morgan fingerprint density at radius 1 is 1.30 bits per heavy atom. The number of carbonyl (C=O) groups is 1. The standard InChI is InChI=1S/C16H23ClN4O.HI/c1-12(2)9-18-16(20-11-15(22)21(3)4)19-10-13-6-5-7-14(17)8-13;/h5-8H,1,9-11H2,2-4H3,(H2,18,19,20);1H. The van der Waals surface area contributed by atoms with Gasteiger partial charge in [0.2, 0.25) is 5.91 Å². The van der Waals surface area contributed by atoms with Crippen molar-refractivity contribution in [2.24, 2.45) is 4.99 Å². The van der Waals surface area contributed by atoms with Gasteiger partial charge < -0.3 is 15.5 Å². The minimum atomic E-state index is -0.0208. The molecule has 0 aliphatic carbocycles. The van der Waals surface area contributed by atoms with E-state index in [1.54, 1.807) is 14.1 Å². The second kappa shape index (κ2) is 11.3. The first kappa shape index (κ1) is 21.7. The highest BCUT2D eigenvalue weighted by molar-refractivity contribution is 14.0. The van der Waals surface area contributed by atoms with Crippen LogP contribution in [0.3, 0.4) is 0 Å². The maximum absolute atomic E-state index is 11.6. The number of halogens is 2. The van der Waals surface area contributed by atoms with E-state index in [4.69, 9.17) is 11.6 Å². The van der Waals surface area contributed by atoms with Crippen LogP contribution in [0.2, 0.25) is 5.02 Å². The quantitative estimate of drug-likeness (QED) is 0.303. The van der Waals surface area contributed by atoms with Crippen LogP contribution in [0.15, 0.2) is 41.4 Å². The highest BCUT2D eigenvalue weighted by Gasteiger charge is 2.05. The molecule has 23 heavy (non-hydrogen) atoms. The third-order valence-corrected chi connectivity index (χ3v) is 3.01. The molecule has 1 aromatic carbocycles. The van der Waals surface area contributed by atoms with Gasteiger partial charge in [0.25, 0.3) is 0 Å². The summed E-state index contributed by atoms with van der Waals surface area (Å²) in [5.74, 6) is 0.547. The number of nitrogens with one attached hydrogen (secondary N) is 2. The van der Waals surface area contributed by atoms with Crippen molar-refractivity contribution in [1.29, 1.82) is 0 Å². The fourth-order valence-corrected chi connectivity index (χ4v) is 1.74. The topological polar surface area (TPSA) is 56.7 Å². The van der Waals surface area contributed by atoms with Crippen molar-refractivity contribution in [2.75, 3.05) is 27.2 Å². The minimum absolute atomic E-state index is 0. The lowest BCUT2D eigenvalue weighted by atomic mass is 10.2. The lowest BCUT2D eigenvalue weighted by Crippen LogP contribution is -2.43. The van der Waals surface area contributed by atoms with E-state index in [-0.39, 0.29) is 36.4 Å². The Labute approximate surface area is 160 Å². The molecular weight excluding hydrogens is 427 g/mol. The third kappa shape index (κ3) is 9.45. The number of nitrogens with zero attached hydrogens (tertiary/aromatic N) is 2. The van der Waals surface area contributed by atoms with Gasteiger partial charge in [-0.2, -0.15) is 0 Å². The first-order valence-electron chi connectivity index (χ1n) is 6.99. The van der Waals surface area contributed by atoms with Crippen LogP contribution in [0.5, 0.6) is 0 Å². The molecule has 0 radical (unpaired) electrons. The number of hydrogen-bond acceptors (Lipinski definition) is 2. The molecule has 0 aliphatic rings. The molecule has 128 valence electrons. The number of amides is 1. The monoisotopic (exact) mass is 450 g/mol. The van der Waals surface area contributed by atoms with E-state index in [0.717, 1.165) is 11.1 Å². The van der Waals surface area contributed by atoms with Gasteiger partial charge in [0.15, 0.2) is 5.96 Å². The molecule has 0 heterocycles. The second-order valence-corrected chi connectivity index (χ2v) is 5.68. The summed E-state index contributed by atoms with van der Waals surface area (Å²) in [5, 5.41) is 6.83. The Morgan fingerprint density at radius 2 is 1.96 bits per heavy atom. The number of guanidine groups is 1. The average Bonchev–Trinajstić information content (AvgIpc) is 2.45. The van der Waals surface area contributed by atoms with Crippen molar-refractivity contribution in [1.82, 2.24) is 15.5 Å². The van der Waals surface area contributed by atoms with Gasteiger partial charge in [-0.1, -0.05) is 35.9 Å². The second-order valence-electron chi connectivity index (χ2n) is 5.25. The number of likely N-dealkylation sites (N-methyl/N-ethyl adjacent to an activating group) is 1. The summed E-state index contributed by atoms with van der Waals surface area (Å²) in [6.45, 7) is 7.02. The molecule has 0 bridgehead atoms. The van der Waals surface area contributed by atoms with Crippen molar-refractivity contribution >= 4 is 47.4 Å². The fourth-order valence-electron chi connectivity index (χ4n) is 1.53. The van der Waals surface area contributed by atoms with E-state index in [0.29, 0.717) is 24.1 Å². The van der Waals surface area contributed by atoms with Gasteiger partial charge in [0.1, 0.15) is 0 Å². The predicted molar refractivity (Wildman–Crippen MR) is 108 cm³/mol. The molecule has 1 rings (SSSR count). The average molecular weight is 451 g/mol. The van der Waals surface area contributed by atoms with E-state index < -0.39 is 0 Å². The zero-order valence-electron chi connectivity index (χ0n) is 13.7. The summed E-state index contributed by atoms with van der Waals surface area (Å²) in [5.41, 5.74) is 1.99. The molecule has 0 fully saturated rings. The first-order chi connectivity index (χ1) is 10.4. The molecule has 0 saturated heterocycles. The molecule has 0 aliphatic heterocycles. The minimum Gasteiger partial charge on any atom is -0.353 e. The van der Waals surface area contributed by atoms with E-state index in [2.05, 4.69) is 22.2 Å². The first-order valence-corrected chi connectivity index (χ1v) is 7.37. The number of aliphatic imine (C=N–C) groups is 1. The molecule has 0 spiro atoms. The molecule has 7 heteroatoms. The fraction of sp³-hybridized carbons (Fsp3) is 0.375. The summed E-state index contributed by atoms with van der Waals surface area (Å²) in [6, 6.07) is 7.53. The van der Waals surface area contributed by atoms with Crippen molar-refractivity contribution in [2.45, 2.75) is 13.5 Å². The van der Waals surface area contributed by atoms with Crippen LogP contribution in [0.25, 0.3) is 0 Å². The lowest BCUT2D eigenvalue weighted by Gasteiger charge is -2.15. The Bertz CT molecular complexity index is 561. The van der Waals surface area contributed by atoms with Gasteiger partial charge in [-0.05, 0) is 24.6 Å². The van der Waals surface area contributed by atoms with Gasteiger partial charge in [-0.3, -0.25) is 4.79 Å². The Kier molecular flexibility index (Phi) is 10.7. The Morgan fingerprint density at radius 3 is 2.52 bits per heavy atom. The van der Waals surface area contributed by atoms with E-state index in [9.17, 15) is 4.79 Å². The van der Waals surface area contributed by atoms with Gasteiger partial charge in [0.05, 0.1) is 13.1 Å². The van der Waals surface area contributed by atoms with Crippen LogP contribution in [-0.2, 0) is 11.3 Å². The van der Waals surface area contributed by atoms with Crippen molar-refractivity contribution in [3.63, 3.8) is 0 Å². The predicted octanol–water partition coefficient (Wildman–Crippen LogP) is 2.66. The lowest BCUT2D eigenvalue weighted by molar-refractivity contribution is -0.127. The highest BCUT2D eigenvalue weighted by atomic mass is 127. The summed E-state index contributed by atoms with van der Waals surface area (Å²) < 4.78 is 0. The molecule has 2 N–H and O–H groups in total. The molecule has 0 aromatic heterocycles. The summed E-state index contributed by atoms with van der Waals surface area (Å²) in [7, 11) is 3.43. The number of carbonyl (C=O) groups excluding carboxylic acids is 1. The van der Waals surface area contributed by atoms with Gasteiger partial charge in [-0.25, -0.2) is 4.99 Å². The maximum atomic E-state index is 11.6. The molecule has 5 nitrogen and oxygen atoms in total. The summed E-state index contributed by atoms with van der Waals surface area (Å²) >= 11 is 5.96. The third-order valence-electron chi connectivity index (χ3n) is 2.77. The Balaban J connectivity index is 0.00000484. The maximum Gasteiger partial charge on any atom is 0.241 e. The van der Waals surface area contributed by atoms with E-state index in [1.165, 1.54) is 4.90 Å². The molecule has 0 unspecified atom stereocenters. The van der Waals surface area contributed by atoms with E-state index in [1.807, 2.05) is 31.2 Å². The van der Waals surface area contributed by atoms with Crippen LogP contribution in [0.4, 0.5) is 0 Å². The van der Waals surface area contributed by atoms with E-state index >= 15 is 0 Å². The summed E-state index contributed by atoms with van der Waals surface area (Å²) in [4.78, 5) is 17.6. The molecular formula is C16H24ClIN4O. The largest absolute Gasteiger partial charge is 0.353 e. The van der Waals surface area contributed by atoms with Gasteiger partial charge in [0, 0.05) is 25.7 Å². The summed E-state index contributed by atoms with van der Waals surface area (Å²) in [6.07, 6.45) is 0. The number of rotatable bonds is 6. The number of hydrogen-bond donors (Lipinski definition) is 2. The van der Waals surface area contributed by atoms with Crippen molar-refractivity contribution in [3.8, 4) is 0 Å². The molecule has 1 amide bonds. The van der Waals surface area contributed by atoms with Crippen LogP contribution >= 0.6 is 35.6 Å². The molecule has 1 aromatic rings. The Hall–Kier alpha value is -1.28. The molecule has 0 atom stereocenters. The SMILES string of the molecule is C=C(C)CNC(=NCc1cccc(Cl)c1)NCC(=O)N(C)C.I. The van der Waals surface area contributed by atoms with Crippen LogP contribution in [0, 0.1) is 0 Å². The van der Waals surface area contributed by atoms with Gasteiger partial charge >= 0.3 is 0 Å². The highest BCUT2D eigenvalue weighted by Crippen LogP contribution is 2.11. The number of benzene rings is 1. The molecule has 0 saturated carbocycles. The van der Waals surface area contributed by atoms with Crippen molar-refractivity contribution < 1.29 is 4.79 Å².